The smallest absolute Gasteiger partial charge is 0.137 e. The third kappa shape index (κ3) is 2.83. The van der Waals surface area contributed by atoms with E-state index in [0.29, 0.717) is 23.8 Å². The largest absolute Gasteiger partial charge is 0.492 e. The molecule has 0 aliphatic carbocycles. The van der Waals surface area contributed by atoms with Crippen LogP contribution in [-0.2, 0) is 10.2 Å². The van der Waals surface area contributed by atoms with Crippen molar-refractivity contribution in [3.63, 3.8) is 0 Å². The maximum absolute atomic E-state index is 9.19. The second-order valence-corrected chi connectivity index (χ2v) is 5.79. The molecular weight excluding hydrogens is 226 g/mol. The number of ether oxygens (including phenoxy) is 2. The van der Waals surface area contributed by atoms with Crippen molar-refractivity contribution >= 4 is 0 Å². The quantitative estimate of drug-likeness (QED) is 0.822. The van der Waals surface area contributed by atoms with Crippen LogP contribution in [0, 0.1) is 17.2 Å². The summed E-state index contributed by atoms with van der Waals surface area (Å²) >= 11 is 0. The molecule has 3 nitrogen and oxygen atoms in total. The molecule has 1 fully saturated rings. The van der Waals surface area contributed by atoms with Crippen molar-refractivity contribution in [3.8, 4) is 11.8 Å². The van der Waals surface area contributed by atoms with Crippen molar-refractivity contribution in [3.05, 3.63) is 29.3 Å². The summed E-state index contributed by atoms with van der Waals surface area (Å²) < 4.78 is 10.8. The molecule has 0 atom stereocenters. The summed E-state index contributed by atoms with van der Waals surface area (Å²) in [6.45, 7) is 8.56. The number of benzene rings is 1. The van der Waals surface area contributed by atoms with Gasteiger partial charge in [-0.05, 0) is 23.1 Å². The molecule has 0 N–H and O–H groups in total. The van der Waals surface area contributed by atoms with Crippen molar-refractivity contribution < 1.29 is 9.47 Å². The summed E-state index contributed by atoms with van der Waals surface area (Å²) in [5.74, 6) is 1.15. The van der Waals surface area contributed by atoms with Gasteiger partial charge in [-0.2, -0.15) is 5.26 Å². The minimum Gasteiger partial charge on any atom is -0.492 e. The SMILES string of the molecule is CC(C)(C)c1ccc(OCC2COC2)c(C#N)c1. The Morgan fingerprint density at radius 3 is 2.61 bits per heavy atom. The zero-order chi connectivity index (χ0) is 13.2. The number of nitriles is 1. The lowest BCUT2D eigenvalue weighted by atomic mass is 9.86. The van der Waals surface area contributed by atoms with Crippen LogP contribution < -0.4 is 4.74 Å². The summed E-state index contributed by atoms with van der Waals surface area (Å²) in [6.07, 6.45) is 0. The normalized spacial score (nSPS) is 15.9. The predicted octanol–water partition coefficient (Wildman–Crippen LogP) is 2.88. The maximum atomic E-state index is 9.19. The molecular formula is C15H19NO2. The van der Waals surface area contributed by atoms with Gasteiger partial charge in [-0.15, -0.1) is 0 Å². The first kappa shape index (κ1) is 12.9. The van der Waals surface area contributed by atoms with E-state index in [1.807, 2.05) is 18.2 Å². The van der Waals surface area contributed by atoms with Gasteiger partial charge < -0.3 is 9.47 Å². The van der Waals surface area contributed by atoms with Gasteiger partial charge in [-0.3, -0.25) is 0 Å². The fourth-order valence-corrected chi connectivity index (χ4v) is 1.80. The van der Waals surface area contributed by atoms with Crippen molar-refractivity contribution in [2.24, 2.45) is 5.92 Å². The highest BCUT2D eigenvalue weighted by Gasteiger charge is 2.20. The first-order valence-electron chi connectivity index (χ1n) is 6.26. The Balaban J connectivity index is 2.13. The molecule has 96 valence electrons. The Hall–Kier alpha value is -1.53. The highest BCUT2D eigenvalue weighted by atomic mass is 16.5. The van der Waals surface area contributed by atoms with Crippen molar-refractivity contribution in [2.45, 2.75) is 26.2 Å². The highest BCUT2D eigenvalue weighted by Crippen LogP contribution is 2.28. The lowest BCUT2D eigenvalue weighted by molar-refractivity contribution is -0.0508. The van der Waals surface area contributed by atoms with Crippen LogP contribution in [0.1, 0.15) is 31.9 Å². The van der Waals surface area contributed by atoms with Gasteiger partial charge in [0.2, 0.25) is 0 Å². The molecule has 1 aromatic carbocycles. The molecule has 2 rings (SSSR count). The van der Waals surface area contributed by atoms with E-state index in [-0.39, 0.29) is 5.41 Å². The fraction of sp³-hybridized carbons (Fsp3) is 0.533. The summed E-state index contributed by atoms with van der Waals surface area (Å²) in [7, 11) is 0. The van der Waals surface area contributed by atoms with E-state index in [1.165, 1.54) is 0 Å². The van der Waals surface area contributed by atoms with E-state index in [9.17, 15) is 5.26 Å². The van der Waals surface area contributed by atoms with Gasteiger partial charge in [0.1, 0.15) is 11.8 Å². The first-order valence-corrected chi connectivity index (χ1v) is 6.26. The molecule has 3 heteroatoms. The Morgan fingerprint density at radius 1 is 1.39 bits per heavy atom. The average molecular weight is 245 g/mol. The van der Waals surface area contributed by atoms with Crippen molar-refractivity contribution in [1.29, 1.82) is 5.26 Å². The molecule has 1 aliphatic rings. The molecule has 0 spiro atoms. The molecule has 0 amide bonds. The third-order valence-electron chi connectivity index (χ3n) is 3.15. The molecule has 1 aromatic rings. The summed E-state index contributed by atoms with van der Waals surface area (Å²) in [4.78, 5) is 0. The van der Waals surface area contributed by atoms with Gasteiger partial charge in [0.15, 0.2) is 0 Å². The molecule has 1 heterocycles. The van der Waals surface area contributed by atoms with Crippen LogP contribution in [0.2, 0.25) is 0 Å². The van der Waals surface area contributed by atoms with Crippen LogP contribution in [0.25, 0.3) is 0 Å². The van der Waals surface area contributed by atoms with Crippen LogP contribution in [-0.4, -0.2) is 19.8 Å². The lowest BCUT2D eigenvalue weighted by Gasteiger charge is -2.26. The van der Waals surface area contributed by atoms with E-state index in [0.717, 1.165) is 18.8 Å². The molecule has 0 saturated carbocycles. The molecule has 18 heavy (non-hydrogen) atoms. The fourth-order valence-electron chi connectivity index (χ4n) is 1.80. The molecule has 1 saturated heterocycles. The first-order chi connectivity index (χ1) is 8.50. The van der Waals surface area contributed by atoms with Gasteiger partial charge in [0, 0.05) is 5.92 Å². The number of hydrogen-bond donors (Lipinski definition) is 0. The zero-order valence-electron chi connectivity index (χ0n) is 11.2. The van der Waals surface area contributed by atoms with Crippen LogP contribution in [0.5, 0.6) is 5.75 Å². The van der Waals surface area contributed by atoms with Crippen LogP contribution in [0.15, 0.2) is 18.2 Å². The summed E-state index contributed by atoms with van der Waals surface area (Å²) in [6, 6.07) is 8.07. The monoisotopic (exact) mass is 245 g/mol. The van der Waals surface area contributed by atoms with Crippen LogP contribution >= 0.6 is 0 Å². The topological polar surface area (TPSA) is 42.2 Å². The lowest BCUT2D eigenvalue weighted by Crippen LogP contribution is -2.32. The highest BCUT2D eigenvalue weighted by molar-refractivity contribution is 5.46. The molecule has 0 bridgehead atoms. The van der Waals surface area contributed by atoms with Crippen LogP contribution in [0.4, 0.5) is 0 Å². The maximum Gasteiger partial charge on any atom is 0.137 e. The second-order valence-electron chi connectivity index (χ2n) is 5.79. The van der Waals surface area contributed by atoms with Gasteiger partial charge >= 0.3 is 0 Å². The molecule has 0 aromatic heterocycles. The van der Waals surface area contributed by atoms with Crippen LogP contribution in [0.3, 0.4) is 0 Å². The molecule has 1 aliphatic heterocycles. The summed E-state index contributed by atoms with van der Waals surface area (Å²) in [5.41, 5.74) is 1.81. The van der Waals surface area contributed by atoms with E-state index in [2.05, 4.69) is 26.8 Å². The van der Waals surface area contributed by atoms with Crippen molar-refractivity contribution in [1.82, 2.24) is 0 Å². The second kappa shape index (κ2) is 4.99. The van der Waals surface area contributed by atoms with Gasteiger partial charge in [0.05, 0.1) is 25.4 Å². The van der Waals surface area contributed by atoms with Crippen molar-refractivity contribution in [2.75, 3.05) is 19.8 Å². The molecule has 0 radical (unpaired) electrons. The third-order valence-corrected chi connectivity index (χ3v) is 3.15. The average Bonchev–Trinajstić information content (AvgIpc) is 2.25. The number of hydrogen-bond acceptors (Lipinski definition) is 3. The Bertz CT molecular complexity index is 464. The Labute approximate surface area is 108 Å². The van der Waals surface area contributed by atoms with E-state index < -0.39 is 0 Å². The minimum absolute atomic E-state index is 0.0476. The predicted molar refractivity (Wildman–Crippen MR) is 69.7 cm³/mol. The van der Waals surface area contributed by atoms with Gasteiger partial charge in [-0.1, -0.05) is 26.8 Å². The van der Waals surface area contributed by atoms with E-state index in [4.69, 9.17) is 9.47 Å². The number of rotatable bonds is 3. The number of nitrogens with zero attached hydrogens (tertiary/aromatic N) is 1. The summed E-state index contributed by atoms with van der Waals surface area (Å²) in [5, 5.41) is 9.19. The standard InChI is InChI=1S/C15H19NO2/c1-15(2,3)13-4-5-14(12(6-13)7-16)18-10-11-8-17-9-11/h4-6,11H,8-10H2,1-3H3. The van der Waals surface area contributed by atoms with Gasteiger partial charge in [-0.25, -0.2) is 0 Å². The van der Waals surface area contributed by atoms with E-state index in [1.54, 1.807) is 0 Å². The zero-order valence-corrected chi connectivity index (χ0v) is 11.2. The van der Waals surface area contributed by atoms with E-state index >= 15 is 0 Å². The molecule has 0 unspecified atom stereocenters. The Kier molecular flexibility index (Phi) is 3.58. The Morgan fingerprint density at radius 2 is 2.11 bits per heavy atom. The minimum atomic E-state index is 0.0476. The van der Waals surface area contributed by atoms with Gasteiger partial charge in [0.25, 0.3) is 0 Å².